The molecule has 0 aliphatic rings. The van der Waals surface area contributed by atoms with Crippen LogP contribution >= 0.6 is 0 Å². The van der Waals surface area contributed by atoms with Crippen molar-refractivity contribution in [3.63, 3.8) is 0 Å². The third kappa shape index (κ3) is 30.3. The average Bonchev–Trinajstić information content (AvgIpc) is 2.98. The molecule has 0 bridgehead atoms. The van der Waals surface area contributed by atoms with E-state index in [0.29, 0.717) is 12.8 Å². The molecule has 4 nitrogen and oxygen atoms in total. The Morgan fingerprint density at radius 3 is 1.33 bits per heavy atom. The zero-order chi connectivity index (χ0) is 30.8. The van der Waals surface area contributed by atoms with Crippen LogP contribution in [0, 0.1) is 0 Å². The highest BCUT2D eigenvalue weighted by atomic mass is 16.6. The van der Waals surface area contributed by atoms with Crippen molar-refractivity contribution in [2.24, 2.45) is 0 Å². The van der Waals surface area contributed by atoms with Crippen LogP contribution in [0.1, 0.15) is 149 Å². The van der Waals surface area contributed by atoms with E-state index in [9.17, 15) is 14.7 Å². The standard InChI is InChI=1S/C38H62O4/c1-3-5-7-9-11-13-15-17-18-19-20-21-22-23-25-27-29-31-33-35-37(39)42-36(38(40)41)34-32-30-28-26-24-16-14-12-10-8-6-4-2/h5,7,11,13,17-18,20-21,23,25,29,31,36H,3-4,6,8-10,12,14-16,19,22,24,26-28,30,32-35H2,1-2H3,(H,40,41)/b7-5-,13-11-,18-17-,21-20-,25-23-,31-29-. The van der Waals surface area contributed by atoms with Gasteiger partial charge < -0.3 is 9.84 Å². The van der Waals surface area contributed by atoms with Crippen LogP contribution in [-0.4, -0.2) is 23.1 Å². The van der Waals surface area contributed by atoms with Gasteiger partial charge in [-0.3, -0.25) is 4.79 Å². The summed E-state index contributed by atoms with van der Waals surface area (Å²) in [6.07, 6.45) is 46.5. The monoisotopic (exact) mass is 582 g/mol. The second-order valence-electron chi connectivity index (χ2n) is 10.9. The average molecular weight is 583 g/mol. The predicted octanol–water partition coefficient (Wildman–Crippen LogP) is 11.6. The van der Waals surface area contributed by atoms with Gasteiger partial charge in [0.25, 0.3) is 0 Å². The van der Waals surface area contributed by atoms with E-state index in [1.165, 1.54) is 57.8 Å². The third-order valence-electron chi connectivity index (χ3n) is 6.98. The minimum atomic E-state index is -1.04. The van der Waals surface area contributed by atoms with Crippen LogP contribution < -0.4 is 0 Å². The number of carboxylic acids is 1. The molecule has 1 unspecified atom stereocenters. The molecule has 1 N–H and O–H groups in total. The molecule has 0 saturated carbocycles. The SMILES string of the molecule is CC/C=C\C/C=C\C/C=C\C/C=C\C/C=C\C/C=C\CCC(=O)OC(CCCCCCCCCCCCCC)C(=O)O. The molecule has 0 aromatic carbocycles. The summed E-state index contributed by atoms with van der Waals surface area (Å²) < 4.78 is 5.24. The van der Waals surface area contributed by atoms with Gasteiger partial charge in [-0.15, -0.1) is 0 Å². The van der Waals surface area contributed by atoms with Crippen LogP contribution in [0.5, 0.6) is 0 Å². The fourth-order valence-electron chi connectivity index (χ4n) is 4.46. The minimum Gasteiger partial charge on any atom is -0.479 e. The lowest BCUT2D eigenvalue weighted by molar-refractivity contribution is -0.164. The lowest BCUT2D eigenvalue weighted by atomic mass is 10.0. The summed E-state index contributed by atoms with van der Waals surface area (Å²) in [6.45, 7) is 4.40. The van der Waals surface area contributed by atoms with Gasteiger partial charge >= 0.3 is 11.9 Å². The number of carbonyl (C=O) groups is 2. The Morgan fingerprint density at radius 1 is 0.548 bits per heavy atom. The van der Waals surface area contributed by atoms with Crippen LogP contribution in [0.2, 0.25) is 0 Å². The Hall–Kier alpha value is -2.62. The van der Waals surface area contributed by atoms with Gasteiger partial charge in [0.2, 0.25) is 0 Å². The van der Waals surface area contributed by atoms with E-state index in [1.807, 2.05) is 12.2 Å². The first-order valence-corrected chi connectivity index (χ1v) is 16.9. The summed E-state index contributed by atoms with van der Waals surface area (Å²) >= 11 is 0. The molecule has 0 radical (unpaired) electrons. The van der Waals surface area contributed by atoms with Crippen molar-refractivity contribution in [3.05, 3.63) is 72.9 Å². The molecule has 0 heterocycles. The van der Waals surface area contributed by atoms with Crippen LogP contribution in [0.25, 0.3) is 0 Å². The van der Waals surface area contributed by atoms with Crippen LogP contribution in [0.4, 0.5) is 0 Å². The smallest absolute Gasteiger partial charge is 0.345 e. The van der Waals surface area contributed by atoms with Crippen molar-refractivity contribution in [1.82, 2.24) is 0 Å². The zero-order valence-electron chi connectivity index (χ0n) is 27.0. The molecule has 0 aromatic heterocycles. The number of hydrogen-bond donors (Lipinski definition) is 1. The number of unbranched alkanes of at least 4 members (excludes halogenated alkanes) is 11. The van der Waals surface area contributed by atoms with E-state index >= 15 is 0 Å². The topological polar surface area (TPSA) is 63.6 Å². The number of hydrogen-bond acceptors (Lipinski definition) is 3. The number of allylic oxidation sites excluding steroid dienone is 12. The minimum absolute atomic E-state index is 0.213. The molecule has 0 aliphatic carbocycles. The summed E-state index contributed by atoms with van der Waals surface area (Å²) in [5.74, 6) is -1.47. The Labute approximate surface area is 258 Å². The number of ether oxygens (including phenoxy) is 1. The van der Waals surface area contributed by atoms with Crippen molar-refractivity contribution in [3.8, 4) is 0 Å². The Morgan fingerprint density at radius 2 is 0.929 bits per heavy atom. The maximum atomic E-state index is 12.1. The van der Waals surface area contributed by atoms with Gasteiger partial charge in [-0.2, -0.15) is 0 Å². The maximum Gasteiger partial charge on any atom is 0.345 e. The number of carbonyl (C=O) groups excluding carboxylic acids is 1. The highest BCUT2D eigenvalue weighted by Crippen LogP contribution is 2.14. The molecule has 0 spiro atoms. The van der Waals surface area contributed by atoms with E-state index < -0.39 is 18.0 Å². The normalized spacial score (nSPS) is 13.2. The first kappa shape index (κ1) is 39.4. The fraction of sp³-hybridized carbons (Fsp3) is 0.632. The van der Waals surface area contributed by atoms with Gasteiger partial charge in [-0.1, -0.05) is 157 Å². The summed E-state index contributed by atoms with van der Waals surface area (Å²) in [5.41, 5.74) is 0. The number of esters is 1. The van der Waals surface area contributed by atoms with Gasteiger partial charge in [0.05, 0.1) is 0 Å². The van der Waals surface area contributed by atoms with Crippen molar-refractivity contribution in [2.45, 2.75) is 155 Å². The lowest BCUT2D eigenvalue weighted by Gasteiger charge is -2.13. The summed E-state index contributed by atoms with van der Waals surface area (Å²) in [7, 11) is 0. The molecular weight excluding hydrogens is 520 g/mol. The molecule has 0 rings (SSSR count). The molecular formula is C38H62O4. The Kier molecular flexibility index (Phi) is 30.8. The van der Waals surface area contributed by atoms with E-state index in [4.69, 9.17) is 4.74 Å². The molecule has 238 valence electrons. The largest absolute Gasteiger partial charge is 0.479 e. The van der Waals surface area contributed by atoms with Crippen LogP contribution in [0.15, 0.2) is 72.9 Å². The quantitative estimate of drug-likeness (QED) is 0.0541. The first-order valence-electron chi connectivity index (χ1n) is 16.9. The third-order valence-corrected chi connectivity index (χ3v) is 6.98. The predicted molar refractivity (Wildman–Crippen MR) is 181 cm³/mol. The number of carboxylic acid groups (broad SMARTS) is 1. The molecule has 4 heteroatoms. The van der Waals surface area contributed by atoms with Crippen LogP contribution in [-0.2, 0) is 14.3 Å². The molecule has 42 heavy (non-hydrogen) atoms. The summed E-state index contributed by atoms with van der Waals surface area (Å²) in [6, 6.07) is 0. The second-order valence-corrected chi connectivity index (χ2v) is 10.9. The summed E-state index contributed by atoms with van der Waals surface area (Å²) in [4.78, 5) is 23.6. The number of aliphatic carboxylic acids is 1. The lowest BCUT2D eigenvalue weighted by Crippen LogP contribution is -2.26. The molecule has 0 fully saturated rings. The molecule has 0 amide bonds. The molecule has 0 saturated heterocycles. The van der Waals surface area contributed by atoms with E-state index in [2.05, 4.69) is 74.6 Å². The van der Waals surface area contributed by atoms with Crippen molar-refractivity contribution >= 4 is 11.9 Å². The van der Waals surface area contributed by atoms with Crippen molar-refractivity contribution in [2.75, 3.05) is 0 Å². The zero-order valence-corrected chi connectivity index (χ0v) is 27.0. The van der Waals surface area contributed by atoms with Gasteiger partial charge in [0.15, 0.2) is 6.10 Å². The molecule has 0 aliphatic heterocycles. The van der Waals surface area contributed by atoms with E-state index in [1.54, 1.807) is 0 Å². The van der Waals surface area contributed by atoms with Gasteiger partial charge in [-0.05, 0) is 57.8 Å². The fourth-order valence-corrected chi connectivity index (χ4v) is 4.46. The van der Waals surface area contributed by atoms with Gasteiger partial charge in [0, 0.05) is 6.42 Å². The van der Waals surface area contributed by atoms with Gasteiger partial charge in [0.1, 0.15) is 0 Å². The molecule has 0 aromatic rings. The van der Waals surface area contributed by atoms with Crippen molar-refractivity contribution in [1.29, 1.82) is 0 Å². The molecule has 1 atom stereocenters. The first-order chi connectivity index (χ1) is 20.6. The Bertz CT molecular complexity index is 800. The van der Waals surface area contributed by atoms with Gasteiger partial charge in [-0.25, -0.2) is 4.79 Å². The Balaban J connectivity index is 3.79. The van der Waals surface area contributed by atoms with Crippen molar-refractivity contribution < 1.29 is 19.4 Å². The second kappa shape index (κ2) is 32.9. The highest BCUT2D eigenvalue weighted by Gasteiger charge is 2.21. The maximum absolute atomic E-state index is 12.1. The number of rotatable bonds is 29. The van der Waals surface area contributed by atoms with Crippen LogP contribution in [0.3, 0.4) is 0 Å². The van der Waals surface area contributed by atoms with E-state index in [-0.39, 0.29) is 6.42 Å². The van der Waals surface area contributed by atoms with E-state index in [0.717, 1.165) is 57.8 Å². The highest BCUT2D eigenvalue weighted by molar-refractivity contribution is 5.78. The summed E-state index contributed by atoms with van der Waals surface area (Å²) in [5, 5.41) is 9.42.